The predicted molar refractivity (Wildman–Crippen MR) is 129 cm³/mol. The van der Waals surface area contributed by atoms with Crippen LogP contribution in [0, 0.1) is 0 Å². The van der Waals surface area contributed by atoms with Crippen LogP contribution in [0.5, 0.6) is 0 Å². The quantitative estimate of drug-likeness (QED) is 0.330. The van der Waals surface area contributed by atoms with Crippen molar-refractivity contribution in [2.45, 2.75) is 44.7 Å². The van der Waals surface area contributed by atoms with Crippen LogP contribution in [0.1, 0.15) is 36.8 Å². The van der Waals surface area contributed by atoms with Crippen molar-refractivity contribution < 1.29 is 19.2 Å². The molecule has 2 aromatic carbocycles. The number of benzene rings is 2. The molecule has 1 aliphatic rings. The maximum absolute atomic E-state index is 12.3. The van der Waals surface area contributed by atoms with E-state index >= 15 is 0 Å². The SMILES string of the molecule is NC(Cc1ccccc1)C(=O)Nc1ccc(CNC(=O)CCCCCN2C(=O)C=CC2=O)cc1. The molecular weight excluding hydrogens is 432 g/mol. The van der Waals surface area contributed by atoms with Crippen LogP contribution in [-0.2, 0) is 32.1 Å². The third-order valence-corrected chi connectivity index (χ3v) is 5.53. The van der Waals surface area contributed by atoms with Crippen LogP contribution in [0.3, 0.4) is 0 Å². The summed E-state index contributed by atoms with van der Waals surface area (Å²) in [4.78, 5) is 48.6. The van der Waals surface area contributed by atoms with E-state index in [0.29, 0.717) is 44.5 Å². The number of nitrogens with one attached hydrogen (secondary N) is 2. The van der Waals surface area contributed by atoms with Crippen LogP contribution in [0.4, 0.5) is 5.69 Å². The fourth-order valence-electron chi connectivity index (χ4n) is 3.57. The van der Waals surface area contributed by atoms with E-state index in [0.717, 1.165) is 17.5 Å². The monoisotopic (exact) mass is 462 g/mol. The standard InChI is InChI=1S/C26H30N4O4/c27-22(17-19-7-3-1-4-8-19)26(34)29-21-12-10-20(11-13-21)18-28-23(31)9-5-2-6-16-30-24(32)14-15-25(30)33/h1,3-4,7-8,10-15,22H,2,5-6,9,16-18,27H2,(H,28,31)(H,29,34). The summed E-state index contributed by atoms with van der Waals surface area (Å²) in [5.74, 6) is -0.856. The Balaban J connectivity index is 1.31. The molecule has 0 spiro atoms. The van der Waals surface area contributed by atoms with Gasteiger partial charge < -0.3 is 16.4 Å². The first kappa shape index (κ1) is 24.9. The van der Waals surface area contributed by atoms with Gasteiger partial charge in [0.25, 0.3) is 11.8 Å². The van der Waals surface area contributed by atoms with E-state index in [4.69, 9.17) is 5.73 Å². The Labute approximate surface area is 199 Å². The minimum atomic E-state index is -0.644. The summed E-state index contributed by atoms with van der Waals surface area (Å²) in [6, 6.07) is 16.2. The van der Waals surface area contributed by atoms with Gasteiger partial charge in [0.1, 0.15) is 0 Å². The molecule has 0 saturated carbocycles. The van der Waals surface area contributed by atoms with Gasteiger partial charge in [-0.3, -0.25) is 24.1 Å². The van der Waals surface area contributed by atoms with E-state index in [1.54, 1.807) is 12.1 Å². The summed E-state index contributed by atoms with van der Waals surface area (Å²) >= 11 is 0. The molecular formula is C26H30N4O4. The van der Waals surface area contributed by atoms with Crippen molar-refractivity contribution in [2.24, 2.45) is 5.73 Å². The van der Waals surface area contributed by atoms with Gasteiger partial charge in [-0.25, -0.2) is 0 Å². The maximum atomic E-state index is 12.3. The molecule has 1 heterocycles. The zero-order valence-electron chi connectivity index (χ0n) is 19.0. The lowest BCUT2D eigenvalue weighted by Crippen LogP contribution is -2.37. The fourth-order valence-corrected chi connectivity index (χ4v) is 3.57. The summed E-state index contributed by atoms with van der Waals surface area (Å²) in [6.07, 6.45) is 5.51. The van der Waals surface area contributed by atoms with Gasteiger partial charge in [-0.1, -0.05) is 48.9 Å². The molecule has 0 bridgehead atoms. The van der Waals surface area contributed by atoms with Crippen molar-refractivity contribution >= 4 is 29.3 Å². The Kier molecular flexibility index (Phi) is 9.11. The van der Waals surface area contributed by atoms with Crippen molar-refractivity contribution in [3.05, 3.63) is 77.9 Å². The van der Waals surface area contributed by atoms with E-state index < -0.39 is 6.04 Å². The Morgan fingerprint density at radius 3 is 2.21 bits per heavy atom. The van der Waals surface area contributed by atoms with Gasteiger partial charge in [-0.05, 0) is 42.5 Å². The molecule has 2 aromatic rings. The van der Waals surface area contributed by atoms with Gasteiger partial charge >= 0.3 is 0 Å². The summed E-state index contributed by atoms with van der Waals surface area (Å²) in [7, 11) is 0. The fraction of sp³-hybridized carbons (Fsp3) is 0.308. The Bertz CT molecular complexity index is 1020. The molecule has 1 unspecified atom stereocenters. The highest BCUT2D eigenvalue weighted by molar-refractivity contribution is 6.12. The zero-order valence-corrected chi connectivity index (χ0v) is 19.0. The third kappa shape index (κ3) is 7.67. The van der Waals surface area contributed by atoms with Crippen molar-refractivity contribution in [1.82, 2.24) is 10.2 Å². The number of amides is 4. The molecule has 4 N–H and O–H groups in total. The zero-order chi connectivity index (χ0) is 24.3. The lowest BCUT2D eigenvalue weighted by Gasteiger charge is -2.13. The first-order valence-corrected chi connectivity index (χ1v) is 11.4. The number of hydrogen-bond donors (Lipinski definition) is 3. The Morgan fingerprint density at radius 1 is 0.853 bits per heavy atom. The van der Waals surface area contributed by atoms with E-state index in [1.165, 1.54) is 17.1 Å². The van der Waals surface area contributed by atoms with Crippen molar-refractivity contribution in [3.8, 4) is 0 Å². The van der Waals surface area contributed by atoms with E-state index in [-0.39, 0.29) is 23.6 Å². The van der Waals surface area contributed by atoms with Gasteiger partial charge in [0.2, 0.25) is 11.8 Å². The van der Waals surface area contributed by atoms with Gasteiger partial charge in [0.05, 0.1) is 6.04 Å². The predicted octanol–water partition coefficient (Wildman–Crippen LogP) is 2.30. The third-order valence-electron chi connectivity index (χ3n) is 5.53. The molecule has 178 valence electrons. The van der Waals surface area contributed by atoms with Gasteiger partial charge in [-0.2, -0.15) is 0 Å². The second-order valence-electron chi connectivity index (χ2n) is 8.23. The largest absolute Gasteiger partial charge is 0.352 e. The summed E-state index contributed by atoms with van der Waals surface area (Å²) in [5, 5.41) is 5.69. The second-order valence-corrected chi connectivity index (χ2v) is 8.23. The molecule has 34 heavy (non-hydrogen) atoms. The first-order valence-electron chi connectivity index (χ1n) is 11.4. The van der Waals surface area contributed by atoms with Crippen LogP contribution in [-0.4, -0.2) is 41.1 Å². The molecule has 3 rings (SSSR count). The Morgan fingerprint density at radius 2 is 1.53 bits per heavy atom. The second kappa shape index (κ2) is 12.5. The van der Waals surface area contributed by atoms with Crippen LogP contribution in [0.2, 0.25) is 0 Å². The molecule has 0 aliphatic carbocycles. The molecule has 8 nitrogen and oxygen atoms in total. The maximum Gasteiger partial charge on any atom is 0.253 e. The lowest BCUT2D eigenvalue weighted by atomic mass is 10.1. The smallest absolute Gasteiger partial charge is 0.253 e. The number of rotatable bonds is 12. The molecule has 1 aliphatic heterocycles. The average molecular weight is 463 g/mol. The molecule has 0 fully saturated rings. The highest BCUT2D eigenvalue weighted by Crippen LogP contribution is 2.12. The van der Waals surface area contributed by atoms with Crippen LogP contribution in [0.15, 0.2) is 66.7 Å². The van der Waals surface area contributed by atoms with Crippen molar-refractivity contribution in [2.75, 3.05) is 11.9 Å². The normalized spacial score (nSPS) is 13.7. The first-order chi connectivity index (χ1) is 16.4. The van der Waals surface area contributed by atoms with Crippen LogP contribution >= 0.6 is 0 Å². The number of carbonyl (C=O) groups excluding carboxylic acids is 4. The Hall–Kier alpha value is -3.78. The average Bonchev–Trinajstić information content (AvgIpc) is 3.16. The molecule has 0 radical (unpaired) electrons. The van der Waals surface area contributed by atoms with E-state index in [2.05, 4.69) is 10.6 Å². The lowest BCUT2D eigenvalue weighted by molar-refractivity contribution is -0.137. The van der Waals surface area contributed by atoms with E-state index in [1.807, 2.05) is 42.5 Å². The number of nitrogens with zero attached hydrogens (tertiary/aromatic N) is 1. The molecule has 1 atom stereocenters. The minimum Gasteiger partial charge on any atom is -0.352 e. The molecule has 0 saturated heterocycles. The van der Waals surface area contributed by atoms with Gasteiger partial charge in [-0.15, -0.1) is 0 Å². The van der Waals surface area contributed by atoms with E-state index in [9.17, 15) is 19.2 Å². The van der Waals surface area contributed by atoms with Crippen molar-refractivity contribution in [1.29, 1.82) is 0 Å². The number of anilines is 1. The van der Waals surface area contributed by atoms with Crippen LogP contribution in [0.25, 0.3) is 0 Å². The highest BCUT2D eigenvalue weighted by Gasteiger charge is 2.22. The molecule has 0 aromatic heterocycles. The van der Waals surface area contributed by atoms with Gasteiger partial charge in [0.15, 0.2) is 0 Å². The number of imide groups is 1. The number of unbranched alkanes of at least 4 members (excludes halogenated alkanes) is 2. The summed E-state index contributed by atoms with van der Waals surface area (Å²) in [5.41, 5.74) is 8.58. The van der Waals surface area contributed by atoms with Gasteiger partial charge in [0, 0.05) is 37.3 Å². The minimum absolute atomic E-state index is 0.0562. The summed E-state index contributed by atoms with van der Waals surface area (Å²) < 4.78 is 0. The molecule has 4 amide bonds. The highest BCUT2D eigenvalue weighted by atomic mass is 16.2. The molecule has 8 heteroatoms. The summed E-state index contributed by atoms with van der Waals surface area (Å²) in [6.45, 7) is 0.773. The topological polar surface area (TPSA) is 122 Å². The number of nitrogens with two attached hydrogens (primary N) is 1. The van der Waals surface area contributed by atoms with Crippen molar-refractivity contribution in [3.63, 3.8) is 0 Å². The number of carbonyl (C=O) groups is 4. The number of hydrogen-bond acceptors (Lipinski definition) is 5. The van der Waals surface area contributed by atoms with Crippen LogP contribution < -0.4 is 16.4 Å².